The molecule has 2 fully saturated rings. The van der Waals surface area contributed by atoms with Gasteiger partial charge in [0.25, 0.3) is 17.5 Å². The molecule has 4 rings (SSSR count). The van der Waals surface area contributed by atoms with Crippen molar-refractivity contribution in [2.75, 3.05) is 13.1 Å². The molecule has 1 aromatic heterocycles. The smallest absolute Gasteiger partial charge is 0.300 e. The number of carbonyl (C=O) groups is 3. The Labute approximate surface area is 204 Å². The van der Waals surface area contributed by atoms with Crippen LogP contribution in [0.3, 0.4) is 0 Å². The number of carboxylic acids is 2. The third-order valence-corrected chi connectivity index (χ3v) is 5.75. The fourth-order valence-electron chi connectivity index (χ4n) is 4.31. The molecule has 0 radical (unpaired) electrons. The van der Waals surface area contributed by atoms with Gasteiger partial charge in [-0.3, -0.25) is 24.5 Å². The Morgan fingerprint density at radius 3 is 2.09 bits per heavy atom. The minimum Gasteiger partial charge on any atom is -0.481 e. The number of carboxylic acid groups (broad SMARTS) is 2. The van der Waals surface area contributed by atoms with Crippen molar-refractivity contribution in [2.24, 2.45) is 0 Å². The molecule has 2 saturated heterocycles. The fraction of sp³-hybridized carbons (Fsp3) is 0.480. The van der Waals surface area contributed by atoms with Crippen LogP contribution in [0.15, 0.2) is 41.2 Å². The highest BCUT2D eigenvalue weighted by atomic mass is 16.4. The monoisotopic (exact) mass is 486 g/mol. The molecular formula is C25H34N4O6. The number of aromatic amines is 1. The van der Waals surface area contributed by atoms with Gasteiger partial charge in [-0.25, -0.2) is 4.98 Å². The molecule has 0 bridgehead atoms. The molecule has 0 unspecified atom stereocenters. The van der Waals surface area contributed by atoms with Crippen LogP contribution in [0.1, 0.15) is 68.6 Å². The van der Waals surface area contributed by atoms with Gasteiger partial charge in [-0.05, 0) is 38.2 Å². The first-order chi connectivity index (χ1) is 16.6. The predicted octanol–water partition coefficient (Wildman–Crippen LogP) is 2.46. The largest absolute Gasteiger partial charge is 0.481 e. The first-order valence-corrected chi connectivity index (χ1v) is 11.6. The van der Waals surface area contributed by atoms with Crippen molar-refractivity contribution >= 4 is 17.8 Å². The number of piperidine rings is 1. The fourth-order valence-corrected chi connectivity index (χ4v) is 4.31. The molecule has 1 amide bonds. The van der Waals surface area contributed by atoms with Crippen LogP contribution in [0.5, 0.6) is 0 Å². The Morgan fingerprint density at radius 1 is 0.971 bits per heavy atom. The summed E-state index contributed by atoms with van der Waals surface area (Å²) in [4.78, 5) is 51.7. The van der Waals surface area contributed by atoms with Crippen LogP contribution in [0.25, 0.3) is 0 Å². The van der Waals surface area contributed by atoms with Crippen LogP contribution in [0.2, 0.25) is 0 Å². The molecule has 190 valence electrons. The second kappa shape index (κ2) is 13.4. The number of amides is 1. The first kappa shape index (κ1) is 27.7. The van der Waals surface area contributed by atoms with E-state index in [2.05, 4.69) is 27.4 Å². The molecule has 2 atom stereocenters. The van der Waals surface area contributed by atoms with Crippen LogP contribution < -0.4 is 10.9 Å². The molecule has 4 N–H and O–H groups in total. The summed E-state index contributed by atoms with van der Waals surface area (Å²) in [6.07, 6.45) is 3.59. The Bertz CT molecular complexity index is 1030. The number of aliphatic carboxylic acids is 2. The lowest BCUT2D eigenvalue weighted by Gasteiger charge is -2.33. The van der Waals surface area contributed by atoms with Crippen LogP contribution in [-0.4, -0.2) is 62.1 Å². The number of rotatable bonds is 3. The number of nitrogens with one attached hydrogen (secondary N) is 2. The van der Waals surface area contributed by atoms with E-state index in [4.69, 9.17) is 19.8 Å². The maximum Gasteiger partial charge on any atom is 0.300 e. The van der Waals surface area contributed by atoms with Gasteiger partial charge in [0.1, 0.15) is 5.82 Å². The summed E-state index contributed by atoms with van der Waals surface area (Å²) in [7, 11) is 0. The average Bonchev–Trinajstić information content (AvgIpc) is 3.28. The van der Waals surface area contributed by atoms with Gasteiger partial charge < -0.3 is 20.1 Å². The van der Waals surface area contributed by atoms with E-state index in [0.29, 0.717) is 5.82 Å². The predicted molar refractivity (Wildman–Crippen MR) is 130 cm³/mol. The van der Waals surface area contributed by atoms with Gasteiger partial charge in [0, 0.05) is 45.0 Å². The summed E-state index contributed by atoms with van der Waals surface area (Å²) in [6.45, 7) is 5.43. The van der Waals surface area contributed by atoms with Gasteiger partial charge >= 0.3 is 0 Å². The number of nitrogens with zero attached hydrogens (tertiary/aromatic N) is 2. The van der Waals surface area contributed by atoms with E-state index >= 15 is 0 Å². The number of benzene rings is 1. The lowest BCUT2D eigenvalue weighted by atomic mass is 9.93. The first-order valence-electron chi connectivity index (χ1n) is 11.6. The maximum absolute atomic E-state index is 12.9. The zero-order valence-electron chi connectivity index (χ0n) is 20.4. The van der Waals surface area contributed by atoms with E-state index in [1.54, 1.807) is 13.0 Å². The molecule has 2 aromatic rings. The van der Waals surface area contributed by atoms with Crippen LogP contribution in [-0.2, 0) is 14.4 Å². The topological polar surface area (TPSA) is 153 Å². The van der Waals surface area contributed by atoms with Crippen molar-refractivity contribution < 1.29 is 24.6 Å². The van der Waals surface area contributed by atoms with Crippen molar-refractivity contribution in [3.63, 3.8) is 0 Å². The highest BCUT2D eigenvalue weighted by Crippen LogP contribution is 2.30. The highest BCUT2D eigenvalue weighted by molar-refractivity contribution is 5.82. The summed E-state index contributed by atoms with van der Waals surface area (Å²) in [5.74, 6) is -0.552. The minimum atomic E-state index is -0.833. The van der Waals surface area contributed by atoms with E-state index < -0.39 is 11.9 Å². The molecular weight excluding hydrogens is 452 g/mol. The molecule has 0 saturated carbocycles. The molecule has 10 nitrogen and oxygen atoms in total. The van der Waals surface area contributed by atoms with E-state index in [9.17, 15) is 9.59 Å². The summed E-state index contributed by atoms with van der Waals surface area (Å²) >= 11 is 0. The number of hydrogen-bond acceptors (Lipinski definition) is 6. The zero-order valence-corrected chi connectivity index (χ0v) is 20.4. The second-order valence-electron chi connectivity index (χ2n) is 8.65. The van der Waals surface area contributed by atoms with Gasteiger partial charge in [0.2, 0.25) is 5.91 Å². The molecule has 10 heteroatoms. The standard InChI is InChI=1S/C21H26N4O2.2C2H4O2/c1-14-22-19(13-20(26)23-14)16-9-11-25(12-10-16)21(27)18-8-7-17(24-18)15-5-3-2-4-6-15;2*1-2(3)4/h2-6,13,16-18,24H,7-12H2,1H3,(H,22,23,26);2*1H3,(H,3,4)/t17-,18-;;/m1../s1. The minimum absolute atomic E-state index is 0.0910. The Hall–Kier alpha value is -3.53. The van der Waals surface area contributed by atoms with Crippen molar-refractivity contribution in [1.82, 2.24) is 20.2 Å². The van der Waals surface area contributed by atoms with E-state index in [0.717, 1.165) is 58.3 Å². The SMILES string of the molecule is CC(=O)O.CC(=O)O.Cc1nc(C2CCN(C(=O)[C@H]3CC[C@H](c4ccccc4)N3)CC2)cc(=O)[nH]1. The summed E-state index contributed by atoms with van der Waals surface area (Å²) < 4.78 is 0. The Balaban J connectivity index is 0.000000473. The third-order valence-electron chi connectivity index (χ3n) is 5.75. The number of H-pyrrole nitrogens is 1. The van der Waals surface area contributed by atoms with Gasteiger partial charge in [0.05, 0.1) is 11.7 Å². The van der Waals surface area contributed by atoms with E-state index in [-0.39, 0.29) is 29.5 Å². The van der Waals surface area contributed by atoms with Crippen LogP contribution in [0.4, 0.5) is 0 Å². The van der Waals surface area contributed by atoms with Gasteiger partial charge in [-0.2, -0.15) is 0 Å². The van der Waals surface area contributed by atoms with Gasteiger partial charge in [-0.1, -0.05) is 30.3 Å². The molecule has 0 aliphatic carbocycles. The van der Waals surface area contributed by atoms with Gasteiger partial charge in [0.15, 0.2) is 0 Å². The summed E-state index contributed by atoms with van der Waals surface area (Å²) in [5, 5.41) is 18.3. The molecule has 2 aliphatic rings. The lowest BCUT2D eigenvalue weighted by molar-refractivity contribution is -0.135. The van der Waals surface area contributed by atoms with E-state index in [1.807, 2.05) is 23.1 Å². The van der Waals surface area contributed by atoms with Crippen LogP contribution >= 0.6 is 0 Å². The van der Waals surface area contributed by atoms with Gasteiger partial charge in [-0.15, -0.1) is 0 Å². The second-order valence-corrected chi connectivity index (χ2v) is 8.65. The number of aromatic nitrogens is 2. The summed E-state index contributed by atoms with van der Waals surface area (Å²) in [5.41, 5.74) is 2.01. The number of carbonyl (C=O) groups excluding carboxylic acids is 1. The molecule has 1 aromatic carbocycles. The Kier molecular flexibility index (Phi) is 10.6. The lowest BCUT2D eigenvalue weighted by Crippen LogP contribution is -2.47. The van der Waals surface area contributed by atoms with Crippen molar-refractivity contribution in [1.29, 1.82) is 0 Å². The molecule has 2 aliphatic heterocycles. The number of aryl methyl sites for hydroxylation is 1. The molecule has 0 spiro atoms. The highest BCUT2D eigenvalue weighted by Gasteiger charge is 2.34. The average molecular weight is 487 g/mol. The third kappa shape index (κ3) is 9.32. The normalized spacial score (nSPS) is 19.6. The summed E-state index contributed by atoms with van der Waals surface area (Å²) in [6, 6.07) is 12.1. The zero-order chi connectivity index (χ0) is 26.0. The van der Waals surface area contributed by atoms with E-state index in [1.165, 1.54) is 5.56 Å². The number of hydrogen-bond donors (Lipinski definition) is 4. The molecule has 35 heavy (non-hydrogen) atoms. The maximum atomic E-state index is 12.9. The quantitative estimate of drug-likeness (QED) is 0.516. The Morgan fingerprint density at radius 2 is 1.54 bits per heavy atom. The van der Waals surface area contributed by atoms with Crippen LogP contribution in [0, 0.1) is 6.92 Å². The number of likely N-dealkylation sites (tertiary alicyclic amines) is 1. The van der Waals surface area contributed by atoms with Crippen molar-refractivity contribution in [3.05, 3.63) is 63.8 Å². The van der Waals surface area contributed by atoms with Crippen molar-refractivity contribution in [3.8, 4) is 0 Å². The van der Waals surface area contributed by atoms with Crippen molar-refractivity contribution in [2.45, 2.75) is 64.5 Å². The molecule has 3 heterocycles.